The molecule has 0 aliphatic heterocycles. The highest BCUT2D eigenvalue weighted by Crippen LogP contribution is 2.20. The molecule has 31 heavy (non-hydrogen) atoms. The molecule has 0 spiro atoms. The normalized spacial score (nSPS) is 10.9. The highest BCUT2D eigenvalue weighted by Gasteiger charge is 2.15. The molecular formula is C24H29N3O3S. The number of pyridine rings is 1. The number of aromatic nitrogens is 1. The summed E-state index contributed by atoms with van der Waals surface area (Å²) in [5, 5.41) is 4.89. The smallest absolute Gasteiger partial charge is 0.253 e. The van der Waals surface area contributed by atoms with Crippen LogP contribution >= 0.6 is 12.2 Å². The zero-order chi connectivity index (χ0) is 22.4. The zero-order valence-corrected chi connectivity index (χ0v) is 19.2. The van der Waals surface area contributed by atoms with E-state index in [2.05, 4.69) is 24.1 Å². The second-order valence-electron chi connectivity index (χ2n) is 7.86. The lowest BCUT2D eigenvalue weighted by atomic mass is 10.1. The molecule has 1 aromatic heterocycles. The predicted octanol–water partition coefficient (Wildman–Crippen LogP) is 4.08. The number of aromatic amines is 1. The third-order valence-corrected chi connectivity index (χ3v) is 5.38. The van der Waals surface area contributed by atoms with E-state index in [0.717, 1.165) is 28.8 Å². The van der Waals surface area contributed by atoms with Gasteiger partial charge >= 0.3 is 0 Å². The molecule has 1 heterocycles. The van der Waals surface area contributed by atoms with Crippen molar-refractivity contribution in [3.63, 3.8) is 0 Å². The molecule has 0 bridgehead atoms. The SMILES string of the molecule is COc1ccc(CN(Cc2cc3ccc(OC)cc3[nH]c2=O)C(=S)NCC(C)C)cc1. The highest BCUT2D eigenvalue weighted by molar-refractivity contribution is 7.80. The Hall–Kier alpha value is -3.06. The van der Waals surface area contributed by atoms with Gasteiger partial charge < -0.3 is 24.7 Å². The molecule has 3 aromatic rings. The van der Waals surface area contributed by atoms with Crippen LogP contribution in [-0.2, 0) is 13.1 Å². The maximum atomic E-state index is 12.8. The van der Waals surface area contributed by atoms with Gasteiger partial charge in [0.1, 0.15) is 11.5 Å². The molecule has 3 rings (SSSR count). The second-order valence-corrected chi connectivity index (χ2v) is 8.25. The Morgan fingerprint density at radius 1 is 1.03 bits per heavy atom. The van der Waals surface area contributed by atoms with Crippen LogP contribution in [0.15, 0.2) is 53.3 Å². The van der Waals surface area contributed by atoms with E-state index in [1.807, 2.05) is 53.4 Å². The lowest BCUT2D eigenvalue weighted by Gasteiger charge is -2.26. The molecule has 7 heteroatoms. The molecule has 0 radical (unpaired) electrons. The fraction of sp³-hybridized carbons (Fsp3) is 0.333. The largest absolute Gasteiger partial charge is 0.497 e. The number of H-pyrrole nitrogens is 1. The third kappa shape index (κ3) is 5.98. The van der Waals surface area contributed by atoms with E-state index < -0.39 is 0 Å². The van der Waals surface area contributed by atoms with Gasteiger partial charge in [0.05, 0.1) is 26.3 Å². The summed E-state index contributed by atoms with van der Waals surface area (Å²) in [6.07, 6.45) is 0. The first-order chi connectivity index (χ1) is 14.9. The van der Waals surface area contributed by atoms with Crippen LogP contribution in [0.5, 0.6) is 11.5 Å². The molecule has 0 aliphatic carbocycles. The number of thiocarbonyl (C=S) groups is 1. The van der Waals surface area contributed by atoms with Crippen LogP contribution in [0.1, 0.15) is 25.0 Å². The number of nitrogens with one attached hydrogen (secondary N) is 2. The number of hydrogen-bond donors (Lipinski definition) is 2. The summed E-state index contributed by atoms with van der Waals surface area (Å²) >= 11 is 5.67. The van der Waals surface area contributed by atoms with Gasteiger partial charge in [-0.1, -0.05) is 26.0 Å². The van der Waals surface area contributed by atoms with E-state index in [0.29, 0.717) is 35.4 Å². The minimum Gasteiger partial charge on any atom is -0.497 e. The van der Waals surface area contributed by atoms with Crippen molar-refractivity contribution < 1.29 is 9.47 Å². The molecule has 164 valence electrons. The number of benzene rings is 2. The van der Waals surface area contributed by atoms with Crippen LogP contribution < -0.4 is 20.3 Å². The van der Waals surface area contributed by atoms with Crippen molar-refractivity contribution >= 4 is 28.2 Å². The topological polar surface area (TPSA) is 66.6 Å². The van der Waals surface area contributed by atoms with Gasteiger partial charge in [0, 0.05) is 24.7 Å². The van der Waals surface area contributed by atoms with Crippen LogP contribution in [0.3, 0.4) is 0 Å². The number of hydrogen-bond acceptors (Lipinski definition) is 4. The van der Waals surface area contributed by atoms with Crippen LogP contribution in [0.4, 0.5) is 0 Å². The summed E-state index contributed by atoms with van der Waals surface area (Å²) in [6.45, 7) is 6.00. The van der Waals surface area contributed by atoms with Gasteiger partial charge in [-0.25, -0.2) is 0 Å². The highest BCUT2D eigenvalue weighted by atomic mass is 32.1. The van der Waals surface area contributed by atoms with Gasteiger partial charge in [0.15, 0.2) is 5.11 Å². The lowest BCUT2D eigenvalue weighted by Crippen LogP contribution is -2.41. The van der Waals surface area contributed by atoms with Gasteiger partial charge in [0.2, 0.25) is 0 Å². The molecule has 6 nitrogen and oxygen atoms in total. The van der Waals surface area contributed by atoms with Crippen LogP contribution in [0.25, 0.3) is 10.9 Å². The van der Waals surface area contributed by atoms with E-state index in [-0.39, 0.29) is 5.56 Å². The Morgan fingerprint density at radius 3 is 2.35 bits per heavy atom. The first-order valence-corrected chi connectivity index (χ1v) is 10.7. The van der Waals surface area contributed by atoms with Crippen LogP contribution in [0, 0.1) is 5.92 Å². The molecular weight excluding hydrogens is 410 g/mol. The van der Waals surface area contributed by atoms with Crippen molar-refractivity contribution in [2.45, 2.75) is 26.9 Å². The molecule has 0 unspecified atom stereocenters. The van der Waals surface area contributed by atoms with Crippen molar-refractivity contribution in [2.24, 2.45) is 5.92 Å². The monoisotopic (exact) mass is 439 g/mol. The fourth-order valence-corrected chi connectivity index (χ4v) is 3.44. The molecule has 0 fully saturated rings. The zero-order valence-electron chi connectivity index (χ0n) is 18.4. The molecule has 2 N–H and O–H groups in total. The fourth-order valence-electron chi connectivity index (χ4n) is 3.23. The van der Waals surface area contributed by atoms with E-state index in [1.54, 1.807) is 14.2 Å². The molecule has 0 atom stereocenters. The Balaban J connectivity index is 1.88. The van der Waals surface area contributed by atoms with Crippen LogP contribution in [0.2, 0.25) is 0 Å². The summed E-state index contributed by atoms with van der Waals surface area (Å²) < 4.78 is 10.5. The average molecular weight is 440 g/mol. The molecule has 0 saturated carbocycles. The Labute approximate surface area is 188 Å². The Bertz CT molecular complexity index is 1090. The minimum atomic E-state index is -0.132. The van der Waals surface area contributed by atoms with E-state index in [4.69, 9.17) is 21.7 Å². The molecule has 2 aromatic carbocycles. The van der Waals surface area contributed by atoms with E-state index in [9.17, 15) is 4.79 Å². The maximum Gasteiger partial charge on any atom is 0.253 e. The van der Waals surface area contributed by atoms with Crippen molar-refractivity contribution in [1.82, 2.24) is 15.2 Å². The van der Waals surface area contributed by atoms with Crippen molar-refractivity contribution in [1.29, 1.82) is 0 Å². The minimum absolute atomic E-state index is 0.132. The Morgan fingerprint density at radius 2 is 1.71 bits per heavy atom. The second kappa shape index (κ2) is 10.3. The maximum absolute atomic E-state index is 12.8. The van der Waals surface area contributed by atoms with Gasteiger partial charge in [-0.15, -0.1) is 0 Å². The molecule has 0 saturated heterocycles. The van der Waals surface area contributed by atoms with Crippen molar-refractivity contribution in [3.05, 3.63) is 70.0 Å². The quantitative estimate of drug-likeness (QED) is 0.516. The standard InChI is InChI=1S/C24H29N3O3S/c1-16(2)13-25-24(31)27(14-17-5-8-20(29-3)9-6-17)15-19-11-18-7-10-21(30-4)12-22(18)26-23(19)28/h5-12,16H,13-15H2,1-4H3,(H,25,31)(H,26,28). The molecule has 0 amide bonds. The number of rotatable bonds is 8. The average Bonchev–Trinajstić information content (AvgIpc) is 2.77. The first-order valence-electron chi connectivity index (χ1n) is 10.2. The first kappa shape index (κ1) is 22.6. The third-order valence-electron chi connectivity index (χ3n) is 4.97. The summed E-state index contributed by atoms with van der Waals surface area (Å²) in [7, 11) is 3.25. The van der Waals surface area contributed by atoms with Gasteiger partial charge in [-0.3, -0.25) is 4.79 Å². The van der Waals surface area contributed by atoms with Gasteiger partial charge in [-0.05, 0) is 59.4 Å². The van der Waals surface area contributed by atoms with Gasteiger partial charge in [-0.2, -0.15) is 0 Å². The summed E-state index contributed by atoms with van der Waals surface area (Å²) in [6, 6.07) is 15.4. The number of methoxy groups -OCH3 is 2. The summed E-state index contributed by atoms with van der Waals surface area (Å²) in [5.41, 5.74) is 2.35. The molecule has 0 aliphatic rings. The Kier molecular flexibility index (Phi) is 7.52. The van der Waals surface area contributed by atoms with Crippen molar-refractivity contribution in [3.8, 4) is 11.5 Å². The van der Waals surface area contributed by atoms with Gasteiger partial charge in [0.25, 0.3) is 5.56 Å². The van der Waals surface area contributed by atoms with Crippen molar-refractivity contribution in [2.75, 3.05) is 20.8 Å². The van der Waals surface area contributed by atoms with E-state index >= 15 is 0 Å². The van der Waals surface area contributed by atoms with E-state index in [1.165, 1.54) is 0 Å². The number of nitrogens with zero attached hydrogens (tertiary/aromatic N) is 1. The number of fused-ring (bicyclic) bond motifs is 1. The lowest BCUT2D eigenvalue weighted by molar-refractivity contribution is 0.392. The predicted molar refractivity (Wildman–Crippen MR) is 129 cm³/mol. The van der Waals surface area contributed by atoms with Crippen LogP contribution in [-0.4, -0.2) is 35.8 Å². The summed E-state index contributed by atoms with van der Waals surface area (Å²) in [4.78, 5) is 17.8. The summed E-state index contributed by atoms with van der Waals surface area (Å²) in [5.74, 6) is 1.97. The number of ether oxygens (including phenoxy) is 2.